The number of hydrogen-bond donors (Lipinski definition) is 1. The highest BCUT2D eigenvalue weighted by molar-refractivity contribution is 5.74. The van der Waals surface area contributed by atoms with Gasteiger partial charge in [0.15, 0.2) is 0 Å². The summed E-state index contributed by atoms with van der Waals surface area (Å²) >= 11 is 0. The molecule has 0 heterocycles. The van der Waals surface area contributed by atoms with Gasteiger partial charge >= 0.3 is 0 Å². The first-order valence-electron chi connectivity index (χ1n) is 6.13. The van der Waals surface area contributed by atoms with Crippen LogP contribution in [0.25, 0.3) is 0 Å². The number of carbonyl (C=O) groups is 1. The van der Waals surface area contributed by atoms with Crippen LogP contribution in [0.3, 0.4) is 0 Å². The van der Waals surface area contributed by atoms with Crippen molar-refractivity contribution in [2.45, 2.75) is 13.0 Å². The van der Waals surface area contributed by atoms with Crippen LogP contribution in [0.1, 0.15) is 29.7 Å². The topological polar surface area (TPSA) is 52.9 Å². The van der Waals surface area contributed by atoms with Crippen LogP contribution in [0.4, 0.5) is 4.39 Å². The first-order chi connectivity index (χ1) is 9.60. The van der Waals surface area contributed by atoms with E-state index in [1.807, 2.05) is 6.07 Å². The van der Waals surface area contributed by atoms with Gasteiger partial charge in [-0.15, -0.1) is 0 Å². The van der Waals surface area contributed by atoms with Crippen LogP contribution in [0.2, 0.25) is 0 Å². The smallest absolute Gasteiger partial charge is 0.217 e. The van der Waals surface area contributed by atoms with Gasteiger partial charge in [0.2, 0.25) is 5.91 Å². The Labute approximate surface area is 116 Å². The second kappa shape index (κ2) is 5.98. The fraction of sp³-hybridized carbons (Fsp3) is 0.125. The normalized spacial score (nSPS) is 11.4. The van der Waals surface area contributed by atoms with Crippen molar-refractivity contribution in [2.75, 3.05) is 0 Å². The Morgan fingerprint density at radius 1 is 1.10 bits per heavy atom. The van der Waals surface area contributed by atoms with Crippen molar-refractivity contribution in [2.24, 2.45) is 0 Å². The largest absolute Gasteiger partial charge is 0.345 e. The minimum atomic E-state index is -0.360. The lowest BCUT2D eigenvalue weighted by atomic mass is 9.97. The van der Waals surface area contributed by atoms with Crippen molar-refractivity contribution < 1.29 is 9.18 Å². The fourth-order valence-corrected chi connectivity index (χ4v) is 1.97. The van der Waals surface area contributed by atoms with Crippen molar-refractivity contribution in [3.8, 4) is 6.07 Å². The zero-order valence-electron chi connectivity index (χ0n) is 10.9. The number of hydrogen-bond acceptors (Lipinski definition) is 2. The van der Waals surface area contributed by atoms with E-state index in [2.05, 4.69) is 5.32 Å². The fourth-order valence-electron chi connectivity index (χ4n) is 1.97. The van der Waals surface area contributed by atoms with Crippen LogP contribution in [0.5, 0.6) is 0 Å². The molecule has 1 amide bonds. The van der Waals surface area contributed by atoms with Gasteiger partial charge < -0.3 is 5.32 Å². The highest BCUT2D eigenvalue weighted by atomic mass is 19.1. The number of halogens is 1. The maximum Gasteiger partial charge on any atom is 0.217 e. The molecular weight excluding hydrogens is 255 g/mol. The molecule has 2 aromatic carbocycles. The molecule has 0 aliphatic heterocycles. The molecular formula is C16H13FN2O. The lowest BCUT2D eigenvalue weighted by Gasteiger charge is -2.19. The highest BCUT2D eigenvalue weighted by Crippen LogP contribution is 2.22. The van der Waals surface area contributed by atoms with Gasteiger partial charge in [0.1, 0.15) is 5.82 Å². The lowest BCUT2D eigenvalue weighted by Crippen LogP contribution is -2.26. The van der Waals surface area contributed by atoms with E-state index in [4.69, 9.17) is 5.26 Å². The molecule has 0 saturated carbocycles. The third kappa shape index (κ3) is 3.21. The third-order valence-corrected chi connectivity index (χ3v) is 2.92. The van der Waals surface area contributed by atoms with Crippen LogP contribution < -0.4 is 5.32 Å². The summed E-state index contributed by atoms with van der Waals surface area (Å²) in [7, 11) is 0. The van der Waals surface area contributed by atoms with Gasteiger partial charge in [-0.25, -0.2) is 4.39 Å². The average Bonchev–Trinajstić information content (AvgIpc) is 2.46. The molecule has 100 valence electrons. The van der Waals surface area contributed by atoms with Crippen LogP contribution in [-0.2, 0) is 4.79 Å². The average molecular weight is 268 g/mol. The summed E-state index contributed by atoms with van der Waals surface area (Å²) < 4.78 is 13.0. The van der Waals surface area contributed by atoms with Crippen LogP contribution in [0.15, 0.2) is 48.5 Å². The minimum absolute atomic E-state index is 0.177. The Kier molecular flexibility index (Phi) is 4.11. The summed E-state index contributed by atoms with van der Waals surface area (Å²) in [5.41, 5.74) is 2.17. The third-order valence-electron chi connectivity index (χ3n) is 2.92. The van der Waals surface area contributed by atoms with E-state index in [1.165, 1.54) is 19.1 Å². The number of carbonyl (C=O) groups excluding carboxylic acids is 1. The molecule has 0 radical (unpaired) electrons. The van der Waals surface area contributed by atoms with E-state index in [9.17, 15) is 9.18 Å². The van der Waals surface area contributed by atoms with Crippen molar-refractivity contribution in [3.63, 3.8) is 0 Å². The zero-order valence-corrected chi connectivity index (χ0v) is 10.9. The van der Waals surface area contributed by atoms with Gasteiger partial charge in [-0.1, -0.05) is 24.3 Å². The van der Waals surface area contributed by atoms with Crippen LogP contribution in [0, 0.1) is 17.1 Å². The molecule has 1 atom stereocenters. The molecule has 0 spiro atoms. The van der Waals surface area contributed by atoms with Crippen LogP contribution in [-0.4, -0.2) is 5.91 Å². The molecule has 2 aromatic rings. The molecule has 0 saturated heterocycles. The number of benzene rings is 2. The summed E-state index contributed by atoms with van der Waals surface area (Å²) in [6.07, 6.45) is 0. The Balaban J connectivity index is 2.38. The van der Waals surface area contributed by atoms with Gasteiger partial charge in [-0.05, 0) is 35.4 Å². The van der Waals surface area contributed by atoms with E-state index >= 15 is 0 Å². The minimum Gasteiger partial charge on any atom is -0.345 e. The number of rotatable bonds is 3. The van der Waals surface area contributed by atoms with E-state index in [1.54, 1.807) is 36.4 Å². The van der Waals surface area contributed by atoms with E-state index in [0.29, 0.717) is 5.56 Å². The molecule has 0 bridgehead atoms. The zero-order chi connectivity index (χ0) is 14.5. The van der Waals surface area contributed by atoms with E-state index in [0.717, 1.165) is 11.1 Å². The van der Waals surface area contributed by atoms with Crippen molar-refractivity contribution in [1.82, 2.24) is 5.32 Å². The molecule has 0 fully saturated rings. The van der Waals surface area contributed by atoms with Gasteiger partial charge in [-0.2, -0.15) is 5.26 Å². The maximum absolute atomic E-state index is 13.0. The SMILES string of the molecule is CC(=O)NC(c1ccc(F)cc1)c1ccc(C#N)cc1. The predicted molar refractivity (Wildman–Crippen MR) is 73.2 cm³/mol. The van der Waals surface area contributed by atoms with Gasteiger partial charge in [0, 0.05) is 6.92 Å². The quantitative estimate of drug-likeness (QED) is 0.930. The molecule has 0 aliphatic rings. The molecule has 1 N–H and O–H groups in total. The number of nitrogens with zero attached hydrogens (tertiary/aromatic N) is 1. The highest BCUT2D eigenvalue weighted by Gasteiger charge is 2.15. The Morgan fingerprint density at radius 2 is 1.60 bits per heavy atom. The van der Waals surface area contributed by atoms with Gasteiger partial charge in [-0.3, -0.25) is 4.79 Å². The molecule has 4 heteroatoms. The molecule has 1 unspecified atom stereocenters. The maximum atomic E-state index is 13.0. The first-order valence-corrected chi connectivity index (χ1v) is 6.13. The van der Waals surface area contributed by atoms with Crippen LogP contribution >= 0.6 is 0 Å². The van der Waals surface area contributed by atoms with Gasteiger partial charge in [0.05, 0.1) is 17.7 Å². The summed E-state index contributed by atoms with van der Waals surface area (Å²) in [5, 5.41) is 11.6. The second-order valence-corrected chi connectivity index (χ2v) is 4.42. The summed E-state index contributed by atoms with van der Waals surface area (Å²) in [4.78, 5) is 11.4. The van der Waals surface area contributed by atoms with E-state index < -0.39 is 0 Å². The predicted octanol–water partition coefficient (Wildman–Crippen LogP) is 2.92. The summed E-state index contributed by atoms with van der Waals surface area (Å²) in [6.45, 7) is 1.43. The van der Waals surface area contributed by atoms with E-state index in [-0.39, 0.29) is 17.8 Å². The number of nitriles is 1. The molecule has 3 nitrogen and oxygen atoms in total. The van der Waals surface area contributed by atoms with Crippen molar-refractivity contribution in [3.05, 3.63) is 71.0 Å². The summed E-state index contributed by atoms with van der Waals surface area (Å²) in [6, 6.07) is 14.6. The molecule has 0 aromatic heterocycles. The number of nitrogens with one attached hydrogen (secondary N) is 1. The number of amides is 1. The first kappa shape index (κ1) is 13.8. The van der Waals surface area contributed by atoms with Gasteiger partial charge in [0.25, 0.3) is 0 Å². The molecule has 20 heavy (non-hydrogen) atoms. The van der Waals surface area contributed by atoms with Crippen molar-refractivity contribution >= 4 is 5.91 Å². The second-order valence-electron chi connectivity index (χ2n) is 4.42. The lowest BCUT2D eigenvalue weighted by molar-refractivity contribution is -0.119. The molecule has 2 rings (SSSR count). The Hall–Kier alpha value is -2.67. The van der Waals surface area contributed by atoms with Crippen molar-refractivity contribution in [1.29, 1.82) is 5.26 Å². The standard InChI is InChI=1S/C16H13FN2O/c1-11(20)19-16(14-6-8-15(17)9-7-14)13-4-2-12(10-18)3-5-13/h2-9,16H,1H3,(H,19,20). The Morgan fingerprint density at radius 3 is 2.05 bits per heavy atom. The monoisotopic (exact) mass is 268 g/mol. The molecule has 0 aliphatic carbocycles. The summed E-state index contributed by atoms with van der Waals surface area (Å²) in [5.74, 6) is -0.501. The Bertz CT molecular complexity index is 642.